The smallest absolute Gasteiger partial charge is 0.132 e. The van der Waals surface area contributed by atoms with Crippen LogP contribution in [0, 0.1) is 11.8 Å². The molecule has 11 rings (SSSR count). The first-order valence-electron chi connectivity index (χ1n) is 20.4. The van der Waals surface area contributed by atoms with E-state index in [1.54, 1.807) is 5.56 Å². The lowest BCUT2D eigenvalue weighted by atomic mass is 9.52. The number of rotatable bonds is 3. The highest BCUT2D eigenvalue weighted by molar-refractivity contribution is 5.71. The summed E-state index contributed by atoms with van der Waals surface area (Å²) in [6, 6.07) is 20.0. The van der Waals surface area contributed by atoms with E-state index in [2.05, 4.69) is 139 Å². The Labute approximate surface area is 314 Å². The Balaban J connectivity index is 1.05. The second-order valence-electron chi connectivity index (χ2n) is 16.9. The summed E-state index contributed by atoms with van der Waals surface area (Å²) in [5, 5.41) is 0. The number of nitrogens with zero attached hydrogens (tertiary/aromatic N) is 2. The number of hydrogen-bond donors (Lipinski definition) is 0. The third-order valence-corrected chi connectivity index (χ3v) is 14.1. The van der Waals surface area contributed by atoms with E-state index in [0.717, 1.165) is 55.8 Å². The van der Waals surface area contributed by atoms with Gasteiger partial charge in [0, 0.05) is 65.1 Å². The van der Waals surface area contributed by atoms with Gasteiger partial charge in [0.1, 0.15) is 23.4 Å². The fourth-order valence-corrected chi connectivity index (χ4v) is 11.7. The number of fused-ring (bicyclic) bond motifs is 10. The summed E-state index contributed by atoms with van der Waals surface area (Å²) >= 11 is 0. The molecule has 4 nitrogen and oxygen atoms in total. The maximum absolute atomic E-state index is 7.04. The Bertz CT molecular complexity index is 2220. The van der Waals surface area contributed by atoms with Gasteiger partial charge in [-0.2, -0.15) is 0 Å². The lowest BCUT2D eigenvalue weighted by Gasteiger charge is -2.56. The molecule has 0 N–H and O–H groups in total. The molecule has 1 fully saturated rings. The van der Waals surface area contributed by atoms with Crippen LogP contribution in [0.4, 0.5) is 5.69 Å². The van der Waals surface area contributed by atoms with Gasteiger partial charge < -0.3 is 18.9 Å². The van der Waals surface area contributed by atoms with Crippen LogP contribution in [-0.4, -0.2) is 22.8 Å². The predicted molar refractivity (Wildman–Crippen MR) is 214 cm³/mol. The van der Waals surface area contributed by atoms with Crippen LogP contribution in [0.3, 0.4) is 0 Å². The van der Waals surface area contributed by atoms with E-state index >= 15 is 0 Å². The fraction of sp³-hybridized carbons (Fsp3) is 0.388. The molecule has 8 unspecified atom stereocenters. The molecule has 0 amide bonds. The van der Waals surface area contributed by atoms with Gasteiger partial charge >= 0.3 is 0 Å². The molecule has 0 saturated carbocycles. The Morgan fingerprint density at radius 3 is 2.70 bits per heavy atom. The summed E-state index contributed by atoms with van der Waals surface area (Å²) in [7, 11) is 2.12. The SMILES string of the molecule is CC1C=CC2C(C1)c1ccc(C3C=CC4OC5=CCCC=C5C5(C6=C(C=CCC6)Oc6cc(-c7cccn7C)ccc65)C4C3)cc1N2C1CC=CCC1. The third-order valence-electron chi connectivity index (χ3n) is 14.1. The number of allylic oxidation sites excluding steroid dienone is 9. The van der Waals surface area contributed by atoms with Gasteiger partial charge in [0.05, 0.1) is 11.5 Å². The molecule has 1 saturated heterocycles. The molecule has 2 aromatic carbocycles. The van der Waals surface area contributed by atoms with Crippen LogP contribution in [0.25, 0.3) is 11.3 Å². The number of anilines is 1. The predicted octanol–water partition coefficient (Wildman–Crippen LogP) is 11.3. The molecular weight excluding hydrogens is 649 g/mol. The zero-order valence-corrected chi connectivity index (χ0v) is 31.1. The zero-order valence-electron chi connectivity index (χ0n) is 31.1. The van der Waals surface area contributed by atoms with Gasteiger partial charge in [0.25, 0.3) is 0 Å². The van der Waals surface area contributed by atoms with Gasteiger partial charge in [-0.25, -0.2) is 0 Å². The minimum Gasteiger partial charge on any atom is -0.486 e. The van der Waals surface area contributed by atoms with Crippen LogP contribution in [0.15, 0.2) is 138 Å². The minimum absolute atomic E-state index is 0.000326. The van der Waals surface area contributed by atoms with E-state index in [4.69, 9.17) is 9.47 Å². The van der Waals surface area contributed by atoms with Crippen molar-refractivity contribution in [3.63, 3.8) is 0 Å². The minimum atomic E-state index is -0.314. The molecule has 0 radical (unpaired) electrons. The van der Waals surface area contributed by atoms with E-state index in [9.17, 15) is 0 Å². The first-order chi connectivity index (χ1) is 26.1. The normalized spacial score (nSPS) is 33.2. The quantitative estimate of drug-likeness (QED) is 0.255. The topological polar surface area (TPSA) is 26.6 Å². The van der Waals surface area contributed by atoms with Crippen LogP contribution < -0.4 is 9.64 Å². The number of benzene rings is 2. The van der Waals surface area contributed by atoms with Crippen molar-refractivity contribution < 1.29 is 9.47 Å². The highest BCUT2D eigenvalue weighted by atomic mass is 16.5. The van der Waals surface area contributed by atoms with Crippen molar-refractivity contribution in [2.75, 3.05) is 4.90 Å². The summed E-state index contributed by atoms with van der Waals surface area (Å²) in [4.78, 5) is 2.84. The van der Waals surface area contributed by atoms with Crippen molar-refractivity contribution in [2.45, 2.75) is 100 Å². The number of aromatic nitrogens is 1. The average molecular weight is 699 g/mol. The number of ether oxygens (including phenoxy) is 2. The standard InChI is InChI=1S/C49H50N2O2/c1-31-18-24-43-37(27-31)36-22-19-33(29-44(36)51(43)35-11-4-3-5-12-35)32-21-25-47-41(28-32)49(38-13-6-8-16-45(38)52-47)39-14-7-9-17-46(39)53-48-30-34(20-23-40(48)49)42-15-10-26-50(42)2/h3-4,9-10,13,15-26,29-32,35,37,41,43,47H,5-8,11-12,14,27-28H2,1-2H3. The molecule has 4 heterocycles. The van der Waals surface area contributed by atoms with Crippen molar-refractivity contribution in [3.05, 3.63) is 155 Å². The lowest BCUT2D eigenvalue weighted by molar-refractivity contribution is 0.0284. The van der Waals surface area contributed by atoms with Gasteiger partial charge in [-0.1, -0.05) is 73.7 Å². The van der Waals surface area contributed by atoms with E-state index in [1.807, 2.05) is 0 Å². The van der Waals surface area contributed by atoms with Crippen LogP contribution in [0.2, 0.25) is 0 Å². The van der Waals surface area contributed by atoms with Crippen LogP contribution in [0.5, 0.6) is 5.75 Å². The van der Waals surface area contributed by atoms with E-state index < -0.39 is 0 Å². The van der Waals surface area contributed by atoms with Gasteiger partial charge in [0.2, 0.25) is 0 Å². The lowest BCUT2D eigenvalue weighted by Crippen LogP contribution is -2.53. The van der Waals surface area contributed by atoms with Gasteiger partial charge in [-0.3, -0.25) is 0 Å². The summed E-state index contributed by atoms with van der Waals surface area (Å²) in [5.41, 5.74) is 10.7. The molecular formula is C49H50N2O2. The zero-order chi connectivity index (χ0) is 35.3. The van der Waals surface area contributed by atoms with Crippen LogP contribution in [0.1, 0.15) is 93.2 Å². The molecule has 1 spiro atoms. The summed E-state index contributed by atoms with van der Waals surface area (Å²) < 4.78 is 16.2. The molecule has 4 heteroatoms. The van der Waals surface area contributed by atoms with E-state index in [0.29, 0.717) is 29.8 Å². The summed E-state index contributed by atoms with van der Waals surface area (Å²) in [5.74, 6) is 4.87. The Hall–Kier alpha value is -4.70. The number of hydrogen-bond acceptors (Lipinski definition) is 3. The van der Waals surface area contributed by atoms with E-state index in [-0.39, 0.29) is 17.4 Å². The third kappa shape index (κ3) is 4.73. The van der Waals surface area contributed by atoms with E-state index in [1.165, 1.54) is 58.5 Å². The van der Waals surface area contributed by atoms with Crippen molar-refractivity contribution in [1.29, 1.82) is 0 Å². The van der Waals surface area contributed by atoms with Crippen molar-refractivity contribution in [1.82, 2.24) is 4.57 Å². The first kappa shape index (κ1) is 31.8. The molecule has 268 valence electrons. The second-order valence-corrected chi connectivity index (χ2v) is 16.9. The molecule has 0 bridgehead atoms. The molecule has 5 aliphatic carbocycles. The average Bonchev–Trinajstić information content (AvgIpc) is 3.77. The number of aryl methyl sites for hydroxylation is 1. The van der Waals surface area contributed by atoms with Crippen LogP contribution in [-0.2, 0) is 17.2 Å². The van der Waals surface area contributed by atoms with Gasteiger partial charge in [-0.05, 0) is 123 Å². The molecule has 3 aromatic rings. The molecule has 8 aliphatic rings. The van der Waals surface area contributed by atoms with Gasteiger partial charge in [0.15, 0.2) is 0 Å². The first-order valence-corrected chi connectivity index (χ1v) is 20.4. The Morgan fingerprint density at radius 1 is 0.868 bits per heavy atom. The maximum atomic E-state index is 7.04. The fourth-order valence-electron chi connectivity index (χ4n) is 11.7. The Kier molecular flexibility index (Phi) is 7.30. The second kappa shape index (κ2) is 12.2. The molecule has 3 aliphatic heterocycles. The van der Waals surface area contributed by atoms with Crippen LogP contribution >= 0.6 is 0 Å². The molecule has 53 heavy (non-hydrogen) atoms. The van der Waals surface area contributed by atoms with Crippen molar-refractivity contribution >= 4 is 5.69 Å². The largest absolute Gasteiger partial charge is 0.486 e. The Morgan fingerprint density at radius 2 is 1.81 bits per heavy atom. The highest BCUT2D eigenvalue weighted by Gasteiger charge is 2.59. The van der Waals surface area contributed by atoms with Crippen molar-refractivity contribution in [3.8, 4) is 17.0 Å². The van der Waals surface area contributed by atoms with Crippen molar-refractivity contribution in [2.24, 2.45) is 18.9 Å². The molecule has 1 aromatic heterocycles. The highest BCUT2D eigenvalue weighted by Crippen LogP contribution is 2.64. The molecule has 8 atom stereocenters. The maximum Gasteiger partial charge on any atom is 0.132 e. The van der Waals surface area contributed by atoms with Gasteiger partial charge in [-0.15, -0.1) is 0 Å². The summed E-state index contributed by atoms with van der Waals surface area (Å²) in [6.07, 6.45) is 36.3. The summed E-state index contributed by atoms with van der Waals surface area (Å²) in [6.45, 7) is 2.39. The monoisotopic (exact) mass is 698 g/mol.